The number of nitrogens with one attached hydrogen (secondary N) is 1. The zero-order valence-electron chi connectivity index (χ0n) is 8.81. The number of anilines is 1. The van der Waals surface area contributed by atoms with Crippen LogP contribution in [0.1, 0.15) is 6.42 Å². The maximum atomic E-state index is 11.8. The number of rotatable bonds is 5. The van der Waals surface area contributed by atoms with E-state index in [0.29, 0.717) is 4.47 Å². The van der Waals surface area contributed by atoms with Gasteiger partial charge in [0.15, 0.2) is 0 Å². The summed E-state index contributed by atoms with van der Waals surface area (Å²) in [7, 11) is -3.72. The molecule has 0 aliphatic rings. The van der Waals surface area contributed by atoms with Gasteiger partial charge in [-0.1, -0.05) is 15.9 Å². The zero-order chi connectivity index (χ0) is 13.1. The Balaban J connectivity index is 2.89. The highest BCUT2D eigenvalue weighted by molar-refractivity contribution is 9.10. The van der Waals surface area contributed by atoms with Crippen LogP contribution in [0.25, 0.3) is 0 Å². The second-order valence-electron chi connectivity index (χ2n) is 3.30. The van der Waals surface area contributed by atoms with Gasteiger partial charge in [0.05, 0.1) is 5.69 Å². The lowest BCUT2D eigenvalue weighted by molar-refractivity contribution is -0.117. The highest BCUT2D eigenvalue weighted by Crippen LogP contribution is 2.22. The lowest BCUT2D eigenvalue weighted by atomic mass is 10.3. The first-order valence-corrected chi connectivity index (χ1v) is 6.93. The van der Waals surface area contributed by atoms with Crippen LogP contribution in [-0.2, 0) is 14.8 Å². The van der Waals surface area contributed by atoms with Crippen molar-refractivity contribution in [2.75, 3.05) is 12.3 Å². The molecule has 6 nitrogen and oxygen atoms in total. The molecule has 0 aliphatic carbocycles. The molecule has 1 rings (SSSR count). The smallest absolute Gasteiger partial charge is 0.242 e. The van der Waals surface area contributed by atoms with E-state index in [9.17, 15) is 13.2 Å². The molecule has 0 bridgehead atoms. The van der Waals surface area contributed by atoms with Crippen LogP contribution in [-0.4, -0.2) is 20.9 Å². The van der Waals surface area contributed by atoms with E-state index in [4.69, 9.17) is 11.5 Å². The van der Waals surface area contributed by atoms with Crippen molar-refractivity contribution in [3.63, 3.8) is 0 Å². The van der Waals surface area contributed by atoms with Gasteiger partial charge in [0.1, 0.15) is 4.90 Å². The number of nitrogen functional groups attached to an aromatic ring is 1. The van der Waals surface area contributed by atoms with E-state index in [-0.39, 0.29) is 23.5 Å². The van der Waals surface area contributed by atoms with Crippen molar-refractivity contribution in [3.8, 4) is 0 Å². The molecule has 0 unspecified atom stereocenters. The summed E-state index contributed by atoms with van der Waals surface area (Å²) in [6.45, 7) is -0.0520. The van der Waals surface area contributed by atoms with E-state index in [1.54, 1.807) is 6.07 Å². The summed E-state index contributed by atoms with van der Waals surface area (Å²) >= 11 is 3.16. The molecule has 8 heteroatoms. The quantitative estimate of drug-likeness (QED) is 0.671. The minimum absolute atomic E-state index is 0.0312. The van der Waals surface area contributed by atoms with Crippen LogP contribution in [0.5, 0.6) is 0 Å². The lowest BCUT2D eigenvalue weighted by Gasteiger charge is -2.08. The van der Waals surface area contributed by atoms with Crippen LogP contribution < -0.4 is 16.2 Å². The van der Waals surface area contributed by atoms with Crippen LogP contribution in [0, 0.1) is 0 Å². The van der Waals surface area contributed by atoms with Gasteiger partial charge in [-0.3, -0.25) is 4.79 Å². The van der Waals surface area contributed by atoms with Crippen molar-refractivity contribution >= 4 is 37.5 Å². The number of amides is 1. The topological polar surface area (TPSA) is 115 Å². The Morgan fingerprint density at radius 3 is 2.65 bits per heavy atom. The molecule has 0 spiro atoms. The molecule has 17 heavy (non-hydrogen) atoms. The molecule has 0 aromatic heterocycles. The first kappa shape index (κ1) is 13.9. The minimum atomic E-state index is -3.72. The molecule has 0 saturated carbocycles. The Kier molecular flexibility index (Phi) is 4.49. The molecule has 0 radical (unpaired) electrons. The van der Waals surface area contributed by atoms with Gasteiger partial charge in [-0.15, -0.1) is 0 Å². The summed E-state index contributed by atoms with van der Waals surface area (Å²) in [6.07, 6.45) is -0.0624. The normalized spacial score (nSPS) is 11.4. The minimum Gasteiger partial charge on any atom is -0.398 e. The Morgan fingerprint density at radius 1 is 1.41 bits per heavy atom. The molecule has 94 valence electrons. The van der Waals surface area contributed by atoms with E-state index in [2.05, 4.69) is 20.7 Å². The third-order valence-electron chi connectivity index (χ3n) is 1.93. The van der Waals surface area contributed by atoms with Crippen LogP contribution in [0.4, 0.5) is 5.69 Å². The van der Waals surface area contributed by atoms with E-state index in [1.807, 2.05) is 0 Å². The molecule has 0 fully saturated rings. The van der Waals surface area contributed by atoms with Gasteiger partial charge in [0, 0.05) is 17.4 Å². The first-order valence-electron chi connectivity index (χ1n) is 4.66. The SMILES string of the molecule is NC(=O)CCNS(=O)(=O)c1cc(Br)ccc1N. The van der Waals surface area contributed by atoms with Crippen LogP contribution >= 0.6 is 15.9 Å². The average molecular weight is 322 g/mol. The van der Waals surface area contributed by atoms with Crippen molar-refractivity contribution in [2.45, 2.75) is 11.3 Å². The van der Waals surface area contributed by atoms with E-state index >= 15 is 0 Å². The molecule has 0 aliphatic heterocycles. The number of halogens is 1. The van der Waals surface area contributed by atoms with Crippen molar-refractivity contribution < 1.29 is 13.2 Å². The van der Waals surface area contributed by atoms with E-state index in [1.165, 1.54) is 12.1 Å². The number of hydrogen-bond acceptors (Lipinski definition) is 4. The van der Waals surface area contributed by atoms with Gasteiger partial charge in [0.2, 0.25) is 15.9 Å². The number of benzene rings is 1. The number of sulfonamides is 1. The summed E-state index contributed by atoms with van der Waals surface area (Å²) in [5.41, 5.74) is 10.6. The molecule has 1 amide bonds. The monoisotopic (exact) mass is 321 g/mol. The second-order valence-corrected chi connectivity index (χ2v) is 5.95. The highest BCUT2D eigenvalue weighted by atomic mass is 79.9. The predicted molar refractivity (Wildman–Crippen MR) is 67.6 cm³/mol. The van der Waals surface area contributed by atoms with Gasteiger partial charge in [-0.25, -0.2) is 13.1 Å². The summed E-state index contributed by atoms with van der Waals surface area (Å²) in [6, 6.07) is 4.51. The Bertz CT molecular complexity index is 530. The molecule has 1 aromatic carbocycles. The van der Waals surface area contributed by atoms with Crippen molar-refractivity contribution in [2.24, 2.45) is 5.73 Å². The molecule has 0 atom stereocenters. The standard InChI is InChI=1S/C9H12BrN3O3S/c10-6-1-2-7(11)8(5-6)17(15,16)13-4-3-9(12)14/h1-2,5,13H,3-4,11H2,(H2,12,14). The van der Waals surface area contributed by atoms with Gasteiger partial charge in [-0.05, 0) is 18.2 Å². The largest absolute Gasteiger partial charge is 0.398 e. The van der Waals surface area contributed by atoms with Crippen LogP contribution in [0.15, 0.2) is 27.6 Å². The van der Waals surface area contributed by atoms with Gasteiger partial charge >= 0.3 is 0 Å². The van der Waals surface area contributed by atoms with Crippen LogP contribution in [0.2, 0.25) is 0 Å². The maximum Gasteiger partial charge on any atom is 0.242 e. The van der Waals surface area contributed by atoms with Gasteiger partial charge in [0.25, 0.3) is 0 Å². The fourth-order valence-electron chi connectivity index (χ4n) is 1.13. The number of primary amides is 1. The molecular weight excluding hydrogens is 310 g/mol. The molecule has 0 saturated heterocycles. The Labute approximate surface area is 108 Å². The predicted octanol–water partition coefficient (Wildman–Crippen LogP) is 0.185. The Hall–Kier alpha value is -1.12. The molecular formula is C9H12BrN3O3S. The summed E-state index contributed by atoms with van der Waals surface area (Å²) in [5, 5.41) is 0. The van der Waals surface area contributed by atoms with E-state index < -0.39 is 15.9 Å². The maximum absolute atomic E-state index is 11.8. The number of carbonyl (C=O) groups excluding carboxylic acids is 1. The zero-order valence-corrected chi connectivity index (χ0v) is 11.2. The van der Waals surface area contributed by atoms with Gasteiger partial charge < -0.3 is 11.5 Å². The molecule has 1 aromatic rings. The van der Waals surface area contributed by atoms with Crippen LogP contribution in [0.3, 0.4) is 0 Å². The third kappa shape index (κ3) is 3.99. The van der Waals surface area contributed by atoms with Gasteiger partial charge in [-0.2, -0.15) is 0 Å². The summed E-state index contributed by atoms with van der Waals surface area (Å²) in [5.74, 6) is -0.574. The highest BCUT2D eigenvalue weighted by Gasteiger charge is 2.17. The fraction of sp³-hybridized carbons (Fsp3) is 0.222. The first-order chi connectivity index (χ1) is 7.83. The molecule has 5 N–H and O–H groups in total. The summed E-state index contributed by atoms with van der Waals surface area (Å²) in [4.78, 5) is 10.5. The van der Waals surface area contributed by atoms with E-state index in [0.717, 1.165) is 0 Å². The lowest BCUT2D eigenvalue weighted by Crippen LogP contribution is -2.28. The fourth-order valence-corrected chi connectivity index (χ4v) is 2.83. The third-order valence-corrected chi connectivity index (χ3v) is 3.94. The second kappa shape index (κ2) is 5.48. The number of nitrogens with two attached hydrogens (primary N) is 2. The van der Waals surface area contributed by atoms with Crippen molar-refractivity contribution in [3.05, 3.63) is 22.7 Å². The summed E-state index contributed by atoms with van der Waals surface area (Å²) < 4.78 is 26.5. The average Bonchev–Trinajstić information content (AvgIpc) is 2.20. The molecule has 0 heterocycles. The van der Waals surface area contributed by atoms with Crippen molar-refractivity contribution in [1.82, 2.24) is 4.72 Å². The number of carbonyl (C=O) groups is 1. The Morgan fingerprint density at radius 2 is 2.06 bits per heavy atom. The van der Waals surface area contributed by atoms with Crippen molar-refractivity contribution in [1.29, 1.82) is 0 Å². The number of hydrogen-bond donors (Lipinski definition) is 3.